The lowest BCUT2D eigenvalue weighted by Gasteiger charge is -2.06. The van der Waals surface area contributed by atoms with E-state index in [0.29, 0.717) is 21.4 Å². The van der Waals surface area contributed by atoms with Crippen molar-refractivity contribution in [3.63, 3.8) is 0 Å². The van der Waals surface area contributed by atoms with Gasteiger partial charge in [-0.1, -0.05) is 23.2 Å². The molecule has 2 heterocycles. The van der Waals surface area contributed by atoms with Crippen LogP contribution in [-0.4, -0.2) is 34.2 Å². The van der Waals surface area contributed by atoms with Crippen LogP contribution >= 0.6 is 23.2 Å². The van der Waals surface area contributed by atoms with Gasteiger partial charge in [0.15, 0.2) is 5.65 Å². The monoisotopic (exact) mass is 297 g/mol. The zero-order valence-corrected chi connectivity index (χ0v) is 12.3. The number of ketones is 1. The second-order valence-corrected chi connectivity index (χ2v) is 5.18. The average Bonchev–Trinajstić information content (AvgIpc) is 2.77. The quantitative estimate of drug-likeness (QED) is 0.645. The highest BCUT2D eigenvalue weighted by Gasteiger charge is 2.15. The van der Waals surface area contributed by atoms with Crippen molar-refractivity contribution >= 4 is 34.6 Å². The first-order chi connectivity index (χ1) is 8.91. The molecule has 0 amide bonds. The van der Waals surface area contributed by atoms with Crippen molar-refractivity contribution in [2.75, 3.05) is 14.1 Å². The number of carbonyl (C=O) groups is 1. The van der Waals surface area contributed by atoms with Crippen molar-refractivity contribution in [2.45, 2.75) is 6.92 Å². The van der Waals surface area contributed by atoms with Crippen LogP contribution in [0.5, 0.6) is 0 Å². The maximum atomic E-state index is 12.1. The molecule has 0 saturated carbocycles. The summed E-state index contributed by atoms with van der Waals surface area (Å²) >= 11 is 12.3. The lowest BCUT2D eigenvalue weighted by molar-refractivity contribution is 0.104. The van der Waals surface area contributed by atoms with E-state index < -0.39 is 0 Å². The number of nitrogens with zero attached hydrogens (tertiary/aromatic N) is 3. The van der Waals surface area contributed by atoms with E-state index in [2.05, 4.69) is 4.98 Å². The van der Waals surface area contributed by atoms with Crippen LogP contribution < -0.4 is 0 Å². The molecule has 0 unspecified atom stereocenters. The normalized spacial score (nSPS) is 11.4. The number of halogens is 2. The first kappa shape index (κ1) is 13.9. The van der Waals surface area contributed by atoms with Gasteiger partial charge in [-0.25, -0.2) is 4.98 Å². The summed E-state index contributed by atoms with van der Waals surface area (Å²) in [5, 5.41) is 0.962. The predicted molar refractivity (Wildman–Crippen MR) is 77.1 cm³/mol. The molecule has 0 bridgehead atoms. The average molecular weight is 298 g/mol. The molecule has 6 heteroatoms. The van der Waals surface area contributed by atoms with Gasteiger partial charge in [0, 0.05) is 32.6 Å². The summed E-state index contributed by atoms with van der Waals surface area (Å²) in [5.41, 5.74) is 1.71. The van der Waals surface area contributed by atoms with Gasteiger partial charge in [0.25, 0.3) is 0 Å². The summed E-state index contributed by atoms with van der Waals surface area (Å²) in [5.74, 6) is -0.155. The third kappa shape index (κ3) is 2.60. The van der Waals surface area contributed by atoms with E-state index >= 15 is 0 Å². The molecule has 2 rings (SSSR count). The molecule has 100 valence electrons. The van der Waals surface area contributed by atoms with Crippen LogP contribution in [0.25, 0.3) is 5.65 Å². The van der Waals surface area contributed by atoms with E-state index in [1.54, 1.807) is 21.7 Å². The number of allylic oxidation sites excluding steroid dienone is 1. The molecule has 0 fully saturated rings. The summed E-state index contributed by atoms with van der Waals surface area (Å²) in [4.78, 5) is 18.0. The number of hydrogen-bond donors (Lipinski definition) is 0. The Morgan fingerprint density at radius 2 is 2.11 bits per heavy atom. The van der Waals surface area contributed by atoms with Gasteiger partial charge in [0.1, 0.15) is 5.69 Å². The molecule has 0 spiro atoms. The Morgan fingerprint density at radius 1 is 1.42 bits per heavy atom. The van der Waals surface area contributed by atoms with Crippen LogP contribution in [0.2, 0.25) is 10.0 Å². The minimum Gasteiger partial charge on any atom is -0.383 e. The maximum absolute atomic E-state index is 12.1. The maximum Gasteiger partial charge on any atom is 0.205 e. The van der Waals surface area contributed by atoms with E-state index in [1.165, 1.54) is 12.3 Å². The second-order valence-electron chi connectivity index (χ2n) is 4.40. The number of pyridine rings is 1. The van der Waals surface area contributed by atoms with Gasteiger partial charge in [0.2, 0.25) is 5.78 Å². The molecule has 0 N–H and O–H groups in total. The lowest BCUT2D eigenvalue weighted by Crippen LogP contribution is -2.05. The minimum absolute atomic E-state index is 0.155. The fraction of sp³-hybridized carbons (Fsp3) is 0.231. The molecule has 0 radical (unpaired) electrons. The number of fused-ring (bicyclic) bond motifs is 1. The van der Waals surface area contributed by atoms with Crippen molar-refractivity contribution in [2.24, 2.45) is 0 Å². The molecule has 0 atom stereocenters. The van der Waals surface area contributed by atoms with Crippen LogP contribution in [0, 0.1) is 6.92 Å². The van der Waals surface area contributed by atoms with Crippen molar-refractivity contribution in [1.29, 1.82) is 0 Å². The van der Waals surface area contributed by atoms with Gasteiger partial charge < -0.3 is 4.90 Å². The fourth-order valence-corrected chi connectivity index (χ4v) is 2.10. The Hall–Kier alpha value is -1.52. The van der Waals surface area contributed by atoms with Crippen LogP contribution in [0.4, 0.5) is 0 Å². The van der Waals surface area contributed by atoms with E-state index in [-0.39, 0.29) is 5.78 Å². The molecule has 2 aromatic heterocycles. The standard InChI is InChI=1S/C13H13Cl2N3O/c1-8-9(14)7-18-10(6-16-13(18)12(8)15)11(19)4-5-17(2)3/h4-7H,1-3H3. The molecule has 0 aliphatic heterocycles. The molecule has 0 aliphatic carbocycles. The Kier molecular flexibility index (Phi) is 3.83. The number of rotatable bonds is 3. The molecule has 0 aliphatic rings. The summed E-state index contributed by atoms with van der Waals surface area (Å²) < 4.78 is 1.61. The second kappa shape index (κ2) is 5.23. The van der Waals surface area contributed by atoms with Gasteiger partial charge >= 0.3 is 0 Å². The van der Waals surface area contributed by atoms with Crippen LogP contribution in [0.1, 0.15) is 16.1 Å². The Bertz CT molecular complexity index is 674. The third-order valence-corrected chi connectivity index (χ3v) is 3.53. The van der Waals surface area contributed by atoms with Crippen LogP contribution in [0.3, 0.4) is 0 Å². The first-order valence-electron chi connectivity index (χ1n) is 5.62. The zero-order valence-electron chi connectivity index (χ0n) is 10.8. The lowest BCUT2D eigenvalue weighted by atomic mass is 10.2. The third-order valence-electron chi connectivity index (χ3n) is 2.70. The first-order valence-corrected chi connectivity index (χ1v) is 6.38. The number of aromatic nitrogens is 2. The van der Waals surface area contributed by atoms with Gasteiger partial charge in [-0.3, -0.25) is 9.20 Å². The number of carbonyl (C=O) groups excluding carboxylic acids is 1. The van der Waals surface area contributed by atoms with Gasteiger partial charge in [-0.2, -0.15) is 0 Å². The van der Waals surface area contributed by atoms with Crippen molar-refractivity contribution < 1.29 is 4.79 Å². The SMILES string of the molecule is Cc1c(Cl)cn2c(C(=O)C=CN(C)C)cnc2c1Cl. The van der Waals surface area contributed by atoms with E-state index in [9.17, 15) is 4.79 Å². The molecule has 0 aromatic carbocycles. The molecule has 4 nitrogen and oxygen atoms in total. The van der Waals surface area contributed by atoms with E-state index in [1.807, 2.05) is 21.0 Å². The zero-order chi connectivity index (χ0) is 14.2. The fourth-order valence-electron chi connectivity index (χ4n) is 1.62. The Labute approximate surface area is 121 Å². The highest BCUT2D eigenvalue weighted by Crippen LogP contribution is 2.28. The highest BCUT2D eigenvalue weighted by atomic mass is 35.5. The summed E-state index contributed by atoms with van der Waals surface area (Å²) in [7, 11) is 3.69. The smallest absolute Gasteiger partial charge is 0.205 e. The van der Waals surface area contributed by atoms with Gasteiger partial charge in [0.05, 0.1) is 16.2 Å². The topological polar surface area (TPSA) is 37.6 Å². The van der Waals surface area contributed by atoms with Gasteiger partial charge in [-0.15, -0.1) is 0 Å². The predicted octanol–water partition coefficient (Wildman–Crippen LogP) is 3.21. The van der Waals surface area contributed by atoms with E-state index in [4.69, 9.17) is 23.2 Å². The summed E-state index contributed by atoms with van der Waals surface area (Å²) in [6.45, 7) is 1.81. The molecule has 19 heavy (non-hydrogen) atoms. The van der Waals surface area contributed by atoms with Crippen molar-refractivity contribution in [1.82, 2.24) is 14.3 Å². The van der Waals surface area contributed by atoms with Crippen LogP contribution in [0.15, 0.2) is 24.7 Å². The Morgan fingerprint density at radius 3 is 2.74 bits per heavy atom. The van der Waals surface area contributed by atoms with Crippen molar-refractivity contribution in [3.05, 3.63) is 46.0 Å². The summed E-state index contributed by atoms with van der Waals surface area (Å²) in [6.07, 6.45) is 6.31. The van der Waals surface area contributed by atoms with Gasteiger partial charge in [-0.05, 0) is 12.5 Å². The molecular weight excluding hydrogens is 285 g/mol. The minimum atomic E-state index is -0.155. The number of imidazole rings is 1. The highest BCUT2D eigenvalue weighted by molar-refractivity contribution is 6.37. The van der Waals surface area contributed by atoms with Crippen LogP contribution in [-0.2, 0) is 0 Å². The van der Waals surface area contributed by atoms with Crippen molar-refractivity contribution in [3.8, 4) is 0 Å². The van der Waals surface area contributed by atoms with E-state index in [0.717, 1.165) is 5.56 Å². The molecule has 2 aromatic rings. The molecule has 0 saturated heterocycles. The summed E-state index contributed by atoms with van der Waals surface area (Å²) in [6, 6.07) is 0. The molecular formula is C13H13Cl2N3O. The largest absolute Gasteiger partial charge is 0.383 e. The Balaban J connectivity index is 2.55. The number of hydrogen-bond acceptors (Lipinski definition) is 3.